The van der Waals surface area contributed by atoms with Gasteiger partial charge in [0.2, 0.25) is 11.7 Å². The molecule has 0 fully saturated rings. The van der Waals surface area contributed by atoms with Crippen LogP contribution >= 0.6 is 0 Å². The number of hydrogen-bond donors (Lipinski definition) is 0. The minimum Gasteiger partial charge on any atom is -0.461 e. The van der Waals surface area contributed by atoms with E-state index in [4.69, 9.17) is 13.7 Å². The first kappa shape index (κ1) is 17.9. The molecule has 26 heavy (non-hydrogen) atoms. The van der Waals surface area contributed by atoms with Gasteiger partial charge < -0.3 is 18.6 Å². The lowest BCUT2D eigenvalue weighted by atomic mass is 10.2. The van der Waals surface area contributed by atoms with E-state index < -0.39 is 0 Å². The molecule has 1 aromatic carbocycles. The van der Waals surface area contributed by atoms with Gasteiger partial charge in [0.05, 0.1) is 12.9 Å². The second-order valence-corrected chi connectivity index (χ2v) is 6.25. The fraction of sp³-hybridized carbons (Fsp3) is 0.300. The van der Waals surface area contributed by atoms with Crippen molar-refractivity contribution in [3.63, 3.8) is 0 Å². The smallest absolute Gasteiger partial charge is 0.249 e. The minimum absolute atomic E-state index is 0.00599. The number of rotatable bonds is 8. The van der Waals surface area contributed by atoms with Gasteiger partial charge in [0.15, 0.2) is 5.76 Å². The van der Waals surface area contributed by atoms with Crippen molar-refractivity contribution in [2.24, 2.45) is 0 Å². The summed E-state index contributed by atoms with van der Waals surface area (Å²) < 4.78 is 16.0. The van der Waals surface area contributed by atoms with Crippen LogP contribution < -0.4 is 0 Å². The molecule has 0 aliphatic carbocycles. The Morgan fingerprint density at radius 1 is 1.15 bits per heavy atom. The predicted octanol–water partition coefficient (Wildman–Crippen LogP) is 3.89. The third kappa shape index (κ3) is 4.61. The van der Waals surface area contributed by atoms with Gasteiger partial charge in [-0.2, -0.15) is 0 Å². The standard InChI is InChI=1S/C20H22N2O4/c1-15(2)22(12-16-7-4-3-5-8-16)20(23)14-24-13-17-11-19(26-21-17)18-9-6-10-25-18/h3-11,15H,12-14H2,1-2H3. The maximum Gasteiger partial charge on any atom is 0.249 e. The molecule has 0 radical (unpaired) electrons. The Kier molecular flexibility index (Phi) is 5.86. The number of aromatic nitrogens is 1. The predicted molar refractivity (Wildman–Crippen MR) is 96.0 cm³/mol. The van der Waals surface area contributed by atoms with Crippen molar-refractivity contribution in [2.45, 2.75) is 33.0 Å². The van der Waals surface area contributed by atoms with Crippen molar-refractivity contribution in [2.75, 3.05) is 6.61 Å². The molecule has 0 atom stereocenters. The van der Waals surface area contributed by atoms with E-state index in [1.165, 1.54) is 0 Å². The van der Waals surface area contributed by atoms with Gasteiger partial charge in [-0.25, -0.2) is 0 Å². The average molecular weight is 354 g/mol. The van der Waals surface area contributed by atoms with Crippen molar-refractivity contribution >= 4 is 5.91 Å². The van der Waals surface area contributed by atoms with Gasteiger partial charge in [-0.15, -0.1) is 0 Å². The van der Waals surface area contributed by atoms with Gasteiger partial charge in [-0.1, -0.05) is 35.5 Å². The molecule has 2 aromatic heterocycles. The molecule has 1 amide bonds. The van der Waals surface area contributed by atoms with Crippen molar-refractivity contribution in [3.05, 3.63) is 66.1 Å². The molecule has 6 nitrogen and oxygen atoms in total. The van der Waals surface area contributed by atoms with Crippen LogP contribution in [-0.2, 0) is 22.7 Å². The SMILES string of the molecule is CC(C)N(Cc1ccccc1)C(=O)COCc1cc(-c2ccco2)on1. The Balaban J connectivity index is 1.52. The van der Waals surface area contributed by atoms with Gasteiger partial charge in [-0.3, -0.25) is 4.79 Å². The Bertz CT molecular complexity index is 809. The summed E-state index contributed by atoms with van der Waals surface area (Å²) in [5.74, 6) is 1.08. The van der Waals surface area contributed by atoms with Crippen molar-refractivity contribution in [1.29, 1.82) is 0 Å². The number of carbonyl (C=O) groups is 1. The van der Waals surface area contributed by atoms with E-state index in [1.54, 1.807) is 29.4 Å². The molecular weight excluding hydrogens is 332 g/mol. The van der Waals surface area contributed by atoms with Crippen LogP contribution in [-0.4, -0.2) is 28.6 Å². The molecule has 3 aromatic rings. The molecule has 136 valence electrons. The van der Waals surface area contributed by atoms with Gasteiger partial charge in [0.25, 0.3) is 0 Å². The maximum atomic E-state index is 12.5. The van der Waals surface area contributed by atoms with E-state index >= 15 is 0 Å². The number of nitrogens with zero attached hydrogens (tertiary/aromatic N) is 2. The van der Waals surface area contributed by atoms with Gasteiger partial charge in [0, 0.05) is 18.7 Å². The van der Waals surface area contributed by atoms with Crippen LogP contribution in [0.4, 0.5) is 0 Å². The molecule has 3 rings (SSSR count). The normalized spacial score (nSPS) is 11.0. The first-order valence-corrected chi connectivity index (χ1v) is 8.54. The number of amides is 1. The molecule has 0 saturated carbocycles. The monoisotopic (exact) mass is 354 g/mol. The van der Waals surface area contributed by atoms with E-state index in [2.05, 4.69) is 5.16 Å². The summed E-state index contributed by atoms with van der Waals surface area (Å²) >= 11 is 0. The van der Waals surface area contributed by atoms with E-state index in [0.29, 0.717) is 23.8 Å². The van der Waals surface area contributed by atoms with Crippen molar-refractivity contribution < 1.29 is 18.5 Å². The molecule has 2 heterocycles. The zero-order chi connectivity index (χ0) is 18.4. The van der Waals surface area contributed by atoms with Crippen LogP contribution in [0.3, 0.4) is 0 Å². The largest absolute Gasteiger partial charge is 0.461 e. The van der Waals surface area contributed by atoms with Crippen LogP contribution in [0.2, 0.25) is 0 Å². The molecule has 0 unspecified atom stereocenters. The van der Waals surface area contributed by atoms with Crippen LogP contribution in [0.15, 0.2) is 63.7 Å². The lowest BCUT2D eigenvalue weighted by Gasteiger charge is -2.26. The fourth-order valence-corrected chi connectivity index (χ4v) is 2.58. The maximum absolute atomic E-state index is 12.5. The number of ether oxygens (including phenoxy) is 1. The third-order valence-electron chi connectivity index (χ3n) is 3.94. The van der Waals surface area contributed by atoms with Crippen LogP contribution in [0.1, 0.15) is 25.1 Å². The van der Waals surface area contributed by atoms with Crippen molar-refractivity contribution in [3.8, 4) is 11.5 Å². The Morgan fingerprint density at radius 2 is 1.96 bits per heavy atom. The molecule has 6 heteroatoms. The van der Waals surface area contributed by atoms with E-state index in [1.807, 2.05) is 44.2 Å². The molecule has 0 saturated heterocycles. The minimum atomic E-state index is -0.0568. The van der Waals surface area contributed by atoms with Gasteiger partial charge in [0.1, 0.15) is 12.3 Å². The summed E-state index contributed by atoms with van der Waals surface area (Å²) in [7, 11) is 0. The van der Waals surface area contributed by atoms with Gasteiger partial charge >= 0.3 is 0 Å². The summed E-state index contributed by atoms with van der Waals surface area (Å²) in [5.41, 5.74) is 1.71. The highest BCUT2D eigenvalue weighted by molar-refractivity contribution is 5.77. The topological polar surface area (TPSA) is 68.7 Å². The molecule has 0 N–H and O–H groups in total. The fourth-order valence-electron chi connectivity index (χ4n) is 2.58. The average Bonchev–Trinajstić information content (AvgIpc) is 3.31. The van der Waals surface area contributed by atoms with E-state index in [0.717, 1.165) is 5.56 Å². The number of carbonyl (C=O) groups excluding carboxylic acids is 1. The Morgan fingerprint density at radius 3 is 2.65 bits per heavy atom. The number of hydrogen-bond acceptors (Lipinski definition) is 5. The highest BCUT2D eigenvalue weighted by Crippen LogP contribution is 2.20. The quantitative estimate of drug-likeness (QED) is 0.614. The highest BCUT2D eigenvalue weighted by Gasteiger charge is 2.18. The van der Waals surface area contributed by atoms with Crippen LogP contribution in [0, 0.1) is 0 Å². The second kappa shape index (κ2) is 8.49. The molecular formula is C20H22N2O4. The summed E-state index contributed by atoms with van der Waals surface area (Å²) in [6, 6.07) is 15.3. The van der Waals surface area contributed by atoms with Gasteiger partial charge in [-0.05, 0) is 31.5 Å². The lowest BCUT2D eigenvalue weighted by Crippen LogP contribution is -2.38. The zero-order valence-electron chi connectivity index (χ0n) is 14.9. The highest BCUT2D eigenvalue weighted by atomic mass is 16.5. The molecule has 0 spiro atoms. The summed E-state index contributed by atoms with van der Waals surface area (Å²) in [6.45, 7) is 4.75. The molecule has 0 aliphatic heterocycles. The summed E-state index contributed by atoms with van der Waals surface area (Å²) in [6.07, 6.45) is 1.57. The Hall–Kier alpha value is -2.86. The zero-order valence-corrected chi connectivity index (χ0v) is 14.9. The second-order valence-electron chi connectivity index (χ2n) is 6.25. The molecule has 0 aliphatic rings. The Labute approximate surface area is 152 Å². The third-order valence-corrected chi connectivity index (χ3v) is 3.94. The number of furan rings is 1. The number of benzene rings is 1. The first-order valence-electron chi connectivity index (χ1n) is 8.54. The van der Waals surface area contributed by atoms with Crippen LogP contribution in [0.5, 0.6) is 0 Å². The first-order chi connectivity index (χ1) is 12.6. The van der Waals surface area contributed by atoms with E-state index in [9.17, 15) is 4.79 Å². The van der Waals surface area contributed by atoms with Crippen molar-refractivity contribution in [1.82, 2.24) is 10.1 Å². The van der Waals surface area contributed by atoms with Crippen LogP contribution in [0.25, 0.3) is 11.5 Å². The lowest BCUT2D eigenvalue weighted by molar-refractivity contribution is -0.139. The van der Waals surface area contributed by atoms with E-state index in [-0.39, 0.29) is 25.2 Å². The summed E-state index contributed by atoms with van der Waals surface area (Å²) in [4.78, 5) is 14.3. The summed E-state index contributed by atoms with van der Waals surface area (Å²) in [5, 5.41) is 3.93. The molecule has 0 bridgehead atoms.